The molecule has 194 valence electrons. The van der Waals surface area contributed by atoms with Gasteiger partial charge in [0, 0.05) is 45.3 Å². The van der Waals surface area contributed by atoms with Crippen molar-refractivity contribution in [2.75, 3.05) is 42.5 Å². The molecule has 2 saturated heterocycles. The first-order valence-corrected chi connectivity index (χ1v) is 13.6. The number of aromatic nitrogens is 1. The van der Waals surface area contributed by atoms with E-state index < -0.39 is 0 Å². The third-order valence-corrected chi connectivity index (χ3v) is 8.25. The second-order valence-electron chi connectivity index (χ2n) is 9.18. The van der Waals surface area contributed by atoms with Gasteiger partial charge in [0.15, 0.2) is 0 Å². The highest BCUT2D eigenvalue weighted by atomic mass is 32.2. The highest BCUT2D eigenvalue weighted by Crippen LogP contribution is 2.36. The normalized spacial score (nSPS) is 17.2. The van der Waals surface area contributed by atoms with E-state index in [0.717, 1.165) is 19.3 Å². The highest BCUT2D eigenvalue weighted by molar-refractivity contribution is 8.26. The fourth-order valence-electron chi connectivity index (χ4n) is 4.81. The molecule has 1 aromatic heterocycles. The highest BCUT2D eigenvalue weighted by Gasteiger charge is 2.33. The van der Waals surface area contributed by atoms with Gasteiger partial charge in [0.2, 0.25) is 0 Å². The Bertz CT molecular complexity index is 1360. The molecule has 4 rings (SSSR count). The van der Waals surface area contributed by atoms with E-state index in [2.05, 4.69) is 11.8 Å². The molecular formula is C27H30FN5O2S2. The maximum atomic E-state index is 14.3. The number of hydrogen-bond donors (Lipinski definition) is 0. The van der Waals surface area contributed by atoms with Gasteiger partial charge >= 0.3 is 0 Å². The monoisotopic (exact) mass is 539 g/mol. The molecule has 1 aromatic carbocycles. The van der Waals surface area contributed by atoms with Crippen molar-refractivity contribution in [1.29, 1.82) is 5.26 Å². The lowest BCUT2D eigenvalue weighted by Gasteiger charge is -2.38. The third-order valence-electron chi connectivity index (χ3n) is 6.87. The van der Waals surface area contributed by atoms with E-state index >= 15 is 0 Å². The van der Waals surface area contributed by atoms with Crippen LogP contribution in [0.4, 0.5) is 15.9 Å². The number of carbonyl (C=O) groups is 1. The third kappa shape index (κ3) is 5.29. The molecule has 0 aliphatic carbocycles. The minimum absolute atomic E-state index is 0.0564. The summed E-state index contributed by atoms with van der Waals surface area (Å²) in [6, 6.07) is 8.74. The van der Waals surface area contributed by atoms with Crippen LogP contribution < -0.4 is 15.4 Å². The van der Waals surface area contributed by atoms with E-state index in [1.165, 1.54) is 22.4 Å². The average Bonchev–Trinajstić information content (AvgIpc) is 3.16. The molecule has 2 aliphatic heterocycles. The first-order chi connectivity index (χ1) is 17.8. The molecule has 0 radical (unpaired) electrons. The number of nitrogens with zero attached hydrogens (tertiary/aromatic N) is 5. The number of pyridine rings is 1. The van der Waals surface area contributed by atoms with Gasteiger partial charge in [-0.15, -0.1) is 0 Å². The van der Waals surface area contributed by atoms with Gasteiger partial charge in [-0.25, -0.2) is 4.39 Å². The number of piperazine rings is 1. The number of anilines is 2. The van der Waals surface area contributed by atoms with E-state index in [0.29, 0.717) is 64.6 Å². The minimum Gasteiger partial charge on any atom is -0.366 e. The summed E-state index contributed by atoms with van der Waals surface area (Å²) in [4.78, 5) is 32.4. The fourth-order valence-corrected chi connectivity index (χ4v) is 6.10. The minimum atomic E-state index is -0.379. The predicted octanol–water partition coefficient (Wildman–Crippen LogP) is 4.42. The Labute approximate surface area is 226 Å². The molecule has 2 fully saturated rings. The fraction of sp³-hybridized carbons (Fsp3) is 0.407. The Morgan fingerprint density at radius 3 is 2.46 bits per heavy atom. The second-order valence-corrected chi connectivity index (χ2v) is 10.9. The number of unbranched alkanes of at least 4 members (excludes halogenated alkanes) is 2. The quantitative estimate of drug-likeness (QED) is 0.293. The van der Waals surface area contributed by atoms with Crippen molar-refractivity contribution in [3.63, 3.8) is 0 Å². The van der Waals surface area contributed by atoms with Gasteiger partial charge in [0.25, 0.3) is 11.5 Å². The number of halogens is 1. The van der Waals surface area contributed by atoms with Crippen molar-refractivity contribution in [1.82, 2.24) is 9.47 Å². The maximum absolute atomic E-state index is 14.3. The van der Waals surface area contributed by atoms with Gasteiger partial charge in [-0.1, -0.05) is 55.9 Å². The Morgan fingerprint density at radius 1 is 1.14 bits per heavy atom. The van der Waals surface area contributed by atoms with Crippen LogP contribution in [0.3, 0.4) is 0 Å². The lowest BCUT2D eigenvalue weighted by molar-refractivity contribution is -0.122. The number of nitriles is 1. The van der Waals surface area contributed by atoms with Crippen LogP contribution in [0.25, 0.3) is 6.08 Å². The lowest BCUT2D eigenvalue weighted by Crippen LogP contribution is -2.48. The maximum Gasteiger partial charge on any atom is 0.270 e. The van der Waals surface area contributed by atoms with Gasteiger partial charge < -0.3 is 9.80 Å². The van der Waals surface area contributed by atoms with E-state index in [-0.39, 0.29) is 22.8 Å². The first kappa shape index (κ1) is 26.9. The van der Waals surface area contributed by atoms with E-state index in [1.807, 2.05) is 17.0 Å². The molecule has 0 bridgehead atoms. The van der Waals surface area contributed by atoms with Gasteiger partial charge in [-0.2, -0.15) is 5.26 Å². The van der Waals surface area contributed by atoms with Gasteiger partial charge in [-0.3, -0.25) is 19.1 Å². The van der Waals surface area contributed by atoms with Crippen LogP contribution in [0.1, 0.15) is 42.9 Å². The van der Waals surface area contributed by atoms with Crippen LogP contribution in [-0.4, -0.2) is 52.4 Å². The predicted molar refractivity (Wildman–Crippen MR) is 151 cm³/mol. The van der Waals surface area contributed by atoms with Crippen LogP contribution in [-0.2, 0) is 11.8 Å². The SMILES string of the molecule is CCCCCN1C(=O)/C(=C/c2c(C)c(C#N)c(=O)n(C)c2N2CCN(c3ccccc3F)CC2)SC1=S. The number of para-hydroxylation sites is 1. The van der Waals surface area contributed by atoms with Crippen LogP contribution in [0, 0.1) is 24.1 Å². The van der Waals surface area contributed by atoms with Crippen molar-refractivity contribution in [3.8, 4) is 6.07 Å². The molecule has 3 heterocycles. The summed E-state index contributed by atoms with van der Waals surface area (Å²) in [6.07, 6.45) is 4.72. The first-order valence-electron chi connectivity index (χ1n) is 12.4. The Balaban J connectivity index is 1.69. The molecule has 0 spiro atoms. The standard InChI is InChI=1S/C27H30FN5O2S2/c1-4-5-8-11-33-26(35)23(37-27(33)36)16-19-18(2)20(17-29)25(34)30(3)24(19)32-14-12-31(13-15-32)22-10-7-6-9-21(22)28/h6-7,9-10,16H,4-5,8,11-15H2,1-3H3/b23-16-. The Kier molecular flexibility index (Phi) is 8.35. The van der Waals surface area contributed by atoms with Crippen LogP contribution >= 0.6 is 24.0 Å². The smallest absolute Gasteiger partial charge is 0.270 e. The molecule has 37 heavy (non-hydrogen) atoms. The molecule has 0 saturated carbocycles. The van der Waals surface area contributed by atoms with E-state index in [4.69, 9.17) is 12.2 Å². The Hall–Kier alpha value is -3.16. The number of thiocarbonyl (C=S) groups is 1. The molecule has 2 aliphatic rings. The number of carbonyl (C=O) groups excluding carboxylic acids is 1. The Morgan fingerprint density at radius 2 is 1.81 bits per heavy atom. The van der Waals surface area contributed by atoms with Crippen LogP contribution in [0.2, 0.25) is 0 Å². The van der Waals surface area contributed by atoms with Crippen molar-refractivity contribution in [2.24, 2.45) is 7.05 Å². The summed E-state index contributed by atoms with van der Waals surface area (Å²) >= 11 is 6.74. The zero-order valence-corrected chi connectivity index (χ0v) is 22.9. The topological polar surface area (TPSA) is 72.6 Å². The number of thioether (sulfide) groups is 1. The molecule has 2 aromatic rings. The molecule has 0 atom stereocenters. The number of amides is 1. The largest absolute Gasteiger partial charge is 0.366 e. The summed E-state index contributed by atoms with van der Waals surface area (Å²) in [6.45, 7) is 6.65. The number of benzene rings is 1. The second kappa shape index (κ2) is 11.5. The average molecular weight is 540 g/mol. The summed E-state index contributed by atoms with van der Waals surface area (Å²) in [5.74, 6) is 0.235. The van der Waals surface area contributed by atoms with Crippen LogP contribution in [0.15, 0.2) is 34.0 Å². The van der Waals surface area contributed by atoms with Crippen LogP contribution in [0.5, 0.6) is 0 Å². The lowest BCUT2D eigenvalue weighted by atomic mass is 10.0. The molecule has 7 nitrogen and oxygen atoms in total. The van der Waals surface area contributed by atoms with E-state index in [9.17, 15) is 19.2 Å². The van der Waals surface area contributed by atoms with Crippen molar-refractivity contribution in [3.05, 3.63) is 62.0 Å². The zero-order chi connectivity index (χ0) is 26.7. The van der Waals surface area contributed by atoms with Crippen molar-refractivity contribution in [2.45, 2.75) is 33.1 Å². The number of hydrogen-bond acceptors (Lipinski definition) is 7. The molecular weight excluding hydrogens is 509 g/mol. The summed E-state index contributed by atoms with van der Waals surface area (Å²) < 4.78 is 16.4. The van der Waals surface area contributed by atoms with Crippen molar-refractivity contribution < 1.29 is 9.18 Å². The summed E-state index contributed by atoms with van der Waals surface area (Å²) in [5.41, 5.74) is 1.43. The summed E-state index contributed by atoms with van der Waals surface area (Å²) in [5, 5.41) is 9.71. The molecule has 0 unspecified atom stereocenters. The van der Waals surface area contributed by atoms with Gasteiger partial charge in [0.1, 0.15) is 27.6 Å². The zero-order valence-electron chi connectivity index (χ0n) is 21.3. The molecule has 0 N–H and O–H groups in total. The van der Waals surface area contributed by atoms with Gasteiger partial charge in [0.05, 0.1) is 10.6 Å². The number of rotatable bonds is 7. The van der Waals surface area contributed by atoms with E-state index in [1.54, 1.807) is 37.1 Å². The molecule has 1 amide bonds. The summed E-state index contributed by atoms with van der Waals surface area (Å²) in [7, 11) is 1.65. The van der Waals surface area contributed by atoms with Gasteiger partial charge in [-0.05, 0) is 37.1 Å². The van der Waals surface area contributed by atoms with Crippen molar-refractivity contribution >= 4 is 51.8 Å². The molecule has 10 heteroatoms.